The van der Waals surface area contributed by atoms with Crippen molar-refractivity contribution in [2.24, 2.45) is 17.4 Å². The molecule has 2 aromatic rings. The van der Waals surface area contributed by atoms with Gasteiger partial charge in [0.05, 0.1) is 25.9 Å². The van der Waals surface area contributed by atoms with Crippen molar-refractivity contribution < 1.29 is 38.4 Å². The first-order valence-corrected chi connectivity index (χ1v) is 13.3. The lowest BCUT2D eigenvalue weighted by Crippen LogP contribution is -2.55. The molecule has 0 aliphatic heterocycles. The van der Waals surface area contributed by atoms with E-state index in [1.807, 2.05) is 24.3 Å². The Hall–Kier alpha value is -3.71. The number of hydrogen-bond acceptors (Lipinski definition) is 9. The lowest BCUT2D eigenvalue weighted by Gasteiger charge is -2.36. The Morgan fingerprint density at radius 2 is 1.52 bits per heavy atom. The largest absolute Gasteiger partial charge is 0.449 e. The van der Waals surface area contributed by atoms with Gasteiger partial charge in [0.25, 0.3) is 0 Å². The summed E-state index contributed by atoms with van der Waals surface area (Å²) in [5.41, 5.74) is 15.7. The van der Waals surface area contributed by atoms with Crippen LogP contribution in [0.3, 0.4) is 0 Å². The van der Waals surface area contributed by atoms with Gasteiger partial charge < -0.3 is 40.8 Å². The Labute approximate surface area is 232 Å². The van der Waals surface area contributed by atoms with Gasteiger partial charge in [0.2, 0.25) is 5.91 Å². The number of fused-ring (bicyclic) bond motifs is 3. The highest BCUT2D eigenvalue weighted by atomic mass is 16.6. The van der Waals surface area contributed by atoms with Crippen molar-refractivity contribution in [1.29, 1.82) is 0 Å². The maximum atomic E-state index is 12.2. The molecular weight excluding hydrogens is 520 g/mol. The molecule has 40 heavy (non-hydrogen) atoms. The first-order chi connectivity index (χ1) is 19.4. The van der Waals surface area contributed by atoms with E-state index in [0.717, 1.165) is 22.3 Å². The van der Waals surface area contributed by atoms with Crippen molar-refractivity contribution in [3.8, 4) is 11.1 Å². The number of nitrogens with two attached hydrogens (primary N) is 2. The molecule has 216 valence electrons. The summed E-state index contributed by atoms with van der Waals surface area (Å²) >= 11 is 0. The number of carbonyl (C=O) groups is 3. The van der Waals surface area contributed by atoms with E-state index < -0.39 is 42.3 Å². The van der Waals surface area contributed by atoms with Crippen LogP contribution in [0.2, 0.25) is 0 Å². The van der Waals surface area contributed by atoms with Crippen molar-refractivity contribution in [2.45, 2.75) is 37.0 Å². The van der Waals surface area contributed by atoms with Crippen LogP contribution in [-0.4, -0.2) is 81.2 Å². The maximum Gasteiger partial charge on any atom is 0.408 e. The van der Waals surface area contributed by atoms with Crippen molar-refractivity contribution in [2.75, 3.05) is 39.7 Å². The number of hydrogen-bond donors (Lipinski definition) is 5. The molecule has 0 saturated heterocycles. The number of nitrogens with one attached hydrogen (secondary N) is 2. The predicted octanol–water partition coefficient (Wildman–Crippen LogP) is 1.19. The van der Waals surface area contributed by atoms with Crippen LogP contribution in [0.1, 0.15) is 29.9 Å². The standard InChI is InChI=1S/C28H36N4O8/c29-22-9-10-23(24(25(22)33)26(30)34)40-28(36)31-11-12-37-13-14-38-16-32-27(35)39-15-21-19-7-3-1-5-17(19)18-6-2-4-8-20(18)21/h1-8,21-25,33H,9-16,29H2,(H2,30,34)(H,31,36)(H,32,35). The van der Waals surface area contributed by atoms with Gasteiger partial charge in [-0.15, -0.1) is 0 Å². The van der Waals surface area contributed by atoms with E-state index in [1.165, 1.54) is 0 Å². The molecule has 2 aliphatic carbocycles. The van der Waals surface area contributed by atoms with Crippen molar-refractivity contribution in [3.05, 3.63) is 59.7 Å². The minimum atomic E-state index is -1.16. The van der Waals surface area contributed by atoms with Crippen LogP contribution < -0.4 is 22.1 Å². The van der Waals surface area contributed by atoms with E-state index in [9.17, 15) is 19.5 Å². The summed E-state index contributed by atoms with van der Waals surface area (Å²) in [6.07, 6.45) is -2.58. The van der Waals surface area contributed by atoms with Crippen LogP contribution in [0.25, 0.3) is 11.1 Å². The second-order valence-electron chi connectivity index (χ2n) is 9.70. The summed E-state index contributed by atoms with van der Waals surface area (Å²) < 4.78 is 21.4. The molecule has 2 aliphatic rings. The van der Waals surface area contributed by atoms with Crippen LogP contribution >= 0.6 is 0 Å². The third-order valence-corrected chi connectivity index (χ3v) is 7.13. The maximum absolute atomic E-state index is 12.2. The fraction of sp³-hybridized carbons (Fsp3) is 0.464. The van der Waals surface area contributed by atoms with E-state index in [1.54, 1.807) is 0 Å². The second-order valence-corrected chi connectivity index (χ2v) is 9.70. The molecule has 0 radical (unpaired) electrons. The SMILES string of the molecule is NC(=O)C1C(OC(=O)NCCOCCOCNC(=O)OCC2c3ccccc3-c3ccccc32)CCC(N)C1O. The molecule has 12 heteroatoms. The highest BCUT2D eigenvalue weighted by Crippen LogP contribution is 2.44. The number of amides is 3. The summed E-state index contributed by atoms with van der Waals surface area (Å²) in [6.45, 7) is 0.982. The van der Waals surface area contributed by atoms with Crippen LogP contribution in [0.5, 0.6) is 0 Å². The van der Waals surface area contributed by atoms with Gasteiger partial charge in [-0.3, -0.25) is 10.1 Å². The second kappa shape index (κ2) is 14.1. The molecule has 0 spiro atoms. The average molecular weight is 557 g/mol. The van der Waals surface area contributed by atoms with Crippen LogP contribution in [0, 0.1) is 5.92 Å². The number of carbonyl (C=O) groups excluding carboxylic acids is 3. The van der Waals surface area contributed by atoms with Gasteiger partial charge in [-0.1, -0.05) is 48.5 Å². The molecule has 1 fully saturated rings. The molecule has 0 heterocycles. The Bertz CT molecular complexity index is 1130. The Balaban J connectivity index is 1.04. The third kappa shape index (κ3) is 7.27. The number of aliphatic hydroxyl groups excluding tert-OH is 1. The van der Waals surface area contributed by atoms with Gasteiger partial charge in [0.1, 0.15) is 25.4 Å². The van der Waals surface area contributed by atoms with Crippen molar-refractivity contribution >= 4 is 18.1 Å². The Morgan fingerprint density at radius 1 is 0.875 bits per heavy atom. The molecule has 0 aromatic heterocycles. The number of aliphatic hydroxyl groups is 1. The zero-order valence-electron chi connectivity index (χ0n) is 22.1. The monoisotopic (exact) mass is 556 g/mol. The lowest BCUT2D eigenvalue weighted by molar-refractivity contribution is -0.134. The number of alkyl carbamates (subject to hydrolysis) is 2. The third-order valence-electron chi connectivity index (χ3n) is 7.13. The molecule has 12 nitrogen and oxygen atoms in total. The highest BCUT2D eigenvalue weighted by Gasteiger charge is 2.42. The summed E-state index contributed by atoms with van der Waals surface area (Å²) in [5.74, 6) is -1.84. The van der Waals surface area contributed by atoms with Gasteiger partial charge >= 0.3 is 12.2 Å². The molecule has 4 rings (SSSR count). The smallest absolute Gasteiger partial charge is 0.408 e. The molecule has 7 N–H and O–H groups in total. The molecule has 1 saturated carbocycles. The molecule has 4 atom stereocenters. The molecular formula is C28H36N4O8. The van der Waals surface area contributed by atoms with Crippen molar-refractivity contribution in [3.63, 3.8) is 0 Å². The fourth-order valence-electron chi connectivity index (χ4n) is 5.13. The van der Waals surface area contributed by atoms with Gasteiger partial charge in [-0.2, -0.15) is 0 Å². The normalized spacial score (nSPS) is 21.6. The van der Waals surface area contributed by atoms with E-state index in [0.29, 0.717) is 12.8 Å². The average Bonchev–Trinajstić information content (AvgIpc) is 3.26. The fourth-order valence-corrected chi connectivity index (χ4v) is 5.13. The summed E-state index contributed by atoms with van der Waals surface area (Å²) in [4.78, 5) is 35.8. The predicted molar refractivity (Wildman–Crippen MR) is 144 cm³/mol. The first kappa shape index (κ1) is 29.3. The van der Waals surface area contributed by atoms with Crippen LogP contribution in [0.15, 0.2) is 48.5 Å². The number of benzene rings is 2. The number of ether oxygens (including phenoxy) is 4. The molecule has 2 aromatic carbocycles. The van der Waals surface area contributed by atoms with E-state index >= 15 is 0 Å². The number of rotatable bonds is 12. The molecule has 4 unspecified atom stereocenters. The van der Waals surface area contributed by atoms with E-state index in [-0.39, 0.29) is 45.6 Å². The Morgan fingerprint density at radius 3 is 2.20 bits per heavy atom. The quantitative estimate of drug-likeness (QED) is 0.189. The number of primary amides is 1. The van der Waals surface area contributed by atoms with Crippen LogP contribution in [0.4, 0.5) is 9.59 Å². The molecule has 3 amide bonds. The molecule has 0 bridgehead atoms. The zero-order valence-corrected chi connectivity index (χ0v) is 22.1. The van der Waals surface area contributed by atoms with E-state index in [2.05, 4.69) is 34.9 Å². The van der Waals surface area contributed by atoms with Crippen LogP contribution in [-0.2, 0) is 23.7 Å². The van der Waals surface area contributed by atoms with Gasteiger partial charge in [-0.25, -0.2) is 9.59 Å². The zero-order chi connectivity index (χ0) is 28.5. The van der Waals surface area contributed by atoms with Gasteiger partial charge in [0.15, 0.2) is 0 Å². The van der Waals surface area contributed by atoms with Gasteiger partial charge in [0, 0.05) is 18.5 Å². The Kier molecular flexibility index (Phi) is 10.3. The summed E-state index contributed by atoms with van der Waals surface area (Å²) in [5, 5.41) is 15.2. The lowest BCUT2D eigenvalue weighted by atomic mass is 9.80. The topological polar surface area (TPSA) is 184 Å². The first-order valence-electron chi connectivity index (χ1n) is 13.3. The van der Waals surface area contributed by atoms with Crippen molar-refractivity contribution in [1.82, 2.24) is 10.6 Å². The van der Waals surface area contributed by atoms with E-state index in [4.69, 9.17) is 30.4 Å². The van der Waals surface area contributed by atoms with Gasteiger partial charge in [-0.05, 0) is 35.1 Å². The summed E-state index contributed by atoms with van der Waals surface area (Å²) in [7, 11) is 0. The summed E-state index contributed by atoms with van der Waals surface area (Å²) in [6, 6.07) is 15.6. The minimum Gasteiger partial charge on any atom is -0.449 e. The minimum absolute atomic E-state index is 0.0181. The highest BCUT2D eigenvalue weighted by molar-refractivity contribution is 5.79.